The smallest absolute Gasteiger partial charge is 0.317 e. The van der Waals surface area contributed by atoms with Crippen LogP contribution in [-0.2, 0) is 14.3 Å². The van der Waals surface area contributed by atoms with Gasteiger partial charge in [0.1, 0.15) is 11.3 Å². The molecule has 3 rings (SSSR count). The lowest BCUT2D eigenvalue weighted by Crippen LogP contribution is -2.42. The lowest BCUT2D eigenvalue weighted by Gasteiger charge is -2.28. The molecule has 1 aliphatic rings. The average molecular weight is 348 g/mol. The van der Waals surface area contributed by atoms with Crippen molar-refractivity contribution in [3.8, 4) is 0 Å². The number of nitrogens with zero attached hydrogens (tertiary/aromatic N) is 2. The summed E-state index contributed by atoms with van der Waals surface area (Å²) in [6, 6.07) is 7.41. The van der Waals surface area contributed by atoms with E-state index in [1.807, 2.05) is 24.3 Å². The van der Waals surface area contributed by atoms with E-state index in [2.05, 4.69) is 4.98 Å². The monoisotopic (exact) mass is 348 g/mol. The van der Waals surface area contributed by atoms with E-state index < -0.39 is 12.1 Å². The molecule has 0 unspecified atom stereocenters. The SMILES string of the molecule is C[C@@H](OC(=O)CSc1nc2ccccc2o1)C(=O)N1CCCCC1. The largest absolute Gasteiger partial charge is 0.452 e. The molecule has 6 nitrogen and oxygen atoms in total. The molecule has 1 aromatic carbocycles. The maximum Gasteiger partial charge on any atom is 0.317 e. The molecule has 2 aromatic rings. The highest BCUT2D eigenvalue weighted by Crippen LogP contribution is 2.23. The van der Waals surface area contributed by atoms with Crippen LogP contribution in [0.2, 0.25) is 0 Å². The molecule has 1 saturated heterocycles. The van der Waals surface area contributed by atoms with Gasteiger partial charge >= 0.3 is 5.97 Å². The summed E-state index contributed by atoms with van der Waals surface area (Å²) in [4.78, 5) is 30.2. The predicted molar refractivity (Wildman–Crippen MR) is 90.7 cm³/mol. The Bertz CT molecular complexity index is 691. The van der Waals surface area contributed by atoms with Gasteiger partial charge in [0, 0.05) is 13.1 Å². The molecule has 1 fully saturated rings. The molecule has 1 atom stereocenters. The maximum atomic E-state index is 12.2. The van der Waals surface area contributed by atoms with Gasteiger partial charge in [-0.25, -0.2) is 4.98 Å². The van der Waals surface area contributed by atoms with E-state index in [0.29, 0.717) is 10.8 Å². The van der Waals surface area contributed by atoms with Crippen molar-refractivity contribution in [1.82, 2.24) is 9.88 Å². The number of aromatic nitrogens is 1. The Balaban J connectivity index is 1.48. The van der Waals surface area contributed by atoms with E-state index in [-0.39, 0.29) is 11.7 Å². The summed E-state index contributed by atoms with van der Waals surface area (Å²) >= 11 is 1.17. The van der Waals surface area contributed by atoms with Crippen molar-refractivity contribution in [3.63, 3.8) is 0 Å². The predicted octanol–water partition coefficient (Wildman–Crippen LogP) is 2.86. The van der Waals surface area contributed by atoms with Gasteiger partial charge in [-0.15, -0.1) is 0 Å². The fraction of sp³-hybridized carbons (Fsp3) is 0.471. The third-order valence-corrected chi connectivity index (χ3v) is 4.71. The van der Waals surface area contributed by atoms with E-state index in [0.717, 1.165) is 37.9 Å². The minimum Gasteiger partial charge on any atom is -0.452 e. The van der Waals surface area contributed by atoms with Crippen molar-refractivity contribution in [2.75, 3.05) is 18.8 Å². The van der Waals surface area contributed by atoms with Gasteiger partial charge in [0.05, 0.1) is 0 Å². The Hall–Kier alpha value is -2.02. The summed E-state index contributed by atoms with van der Waals surface area (Å²) in [5.41, 5.74) is 1.43. The number of likely N-dealkylation sites (tertiary alicyclic amines) is 1. The zero-order chi connectivity index (χ0) is 16.9. The van der Waals surface area contributed by atoms with E-state index in [1.165, 1.54) is 11.8 Å². The molecule has 7 heteroatoms. The van der Waals surface area contributed by atoms with Gasteiger partial charge in [-0.2, -0.15) is 0 Å². The summed E-state index contributed by atoms with van der Waals surface area (Å²) in [6.07, 6.45) is 2.43. The van der Waals surface area contributed by atoms with E-state index >= 15 is 0 Å². The second kappa shape index (κ2) is 7.70. The fourth-order valence-electron chi connectivity index (χ4n) is 2.69. The van der Waals surface area contributed by atoms with Crippen molar-refractivity contribution >= 4 is 34.7 Å². The number of carbonyl (C=O) groups excluding carboxylic acids is 2. The number of thioether (sulfide) groups is 1. The summed E-state index contributed by atoms with van der Waals surface area (Å²) in [5, 5.41) is 0.420. The van der Waals surface area contributed by atoms with Gasteiger partial charge in [-0.1, -0.05) is 23.9 Å². The molecular formula is C17H20N2O4S. The van der Waals surface area contributed by atoms with Gasteiger partial charge in [-0.3, -0.25) is 9.59 Å². The highest BCUT2D eigenvalue weighted by Gasteiger charge is 2.25. The minimum atomic E-state index is -0.750. The Morgan fingerprint density at radius 1 is 1.29 bits per heavy atom. The molecule has 0 bridgehead atoms. The first-order chi connectivity index (χ1) is 11.6. The standard InChI is InChI=1S/C17H20N2O4S/c1-12(16(21)19-9-5-2-6-10-19)22-15(20)11-24-17-18-13-7-3-4-8-14(13)23-17/h3-4,7-8,12H,2,5-6,9-11H2,1H3/t12-/m1/s1. The third kappa shape index (κ3) is 4.08. The molecule has 0 saturated carbocycles. The van der Waals surface area contributed by atoms with Gasteiger partial charge in [0.25, 0.3) is 11.1 Å². The van der Waals surface area contributed by atoms with Crippen LogP contribution in [0.3, 0.4) is 0 Å². The number of amides is 1. The van der Waals surface area contributed by atoms with E-state index in [4.69, 9.17) is 9.15 Å². The third-order valence-electron chi connectivity index (χ3n) is 3.91. The molecule has 0 N–H and O–H groups in total. The first-order valence-corrected chi connectivity index (χ1v) is 9.08. The molecule has 1 aliphatic heterocycles. The summed E-state index contributed by atoms with van der Waals surface area (Å²) in [7, 11) is 0. The van der Waals surface area contributed by atoms with E-state index in [1.54, 1.807) is 11.8 Å². The summed E-state index contributed by atoms with van der Waals surface area (Å²) in [6.45, 7) is 3.12. The number of hydrogen-bond acceptors (Lipinski definition) is 6. The molecule has 128 valence electrons. The molecule has 0 aliphatic carbocycles. The van der Waals surface area contributed by atoms with Gasteiger partial charge in [-0.05, 0) is 38.3 Å². The van der Waals surface area contributed by atoms with Crippen LogP contribution in [0, 0.1) is 0 Å². The number of carbonyl (C=O) groups is 2. The van der Waals surface area contributed by atoms with Crippen LogP contribution >= 0.6 is 11.8 Å². The number of para-hydroxylation sites is 2. The number of hydrogen-bond donors (Lipinski definition) is 0. The van der Waals surface area contributed by atoms with Crippen molar-refractivity contribution in [2.45, 2.75) is 37.5 Å². The molecule has 1 amide bonds. The lowest BCUT2D eigenvalue weighted by molar-refractivity contribution is -0.157. The molecule has 1 aromatic heterocycles. The molecule has 24 heavy (non-hydrogen) atoms. The molecule has 0 spiro atoms. The highest BCUT2D eigenvalue weighted by atomic mass is 32.2. The quantitative estimate of drug-likeness (QED) is 0.611. The molecule has 2 heterocycles. The normalized spacial score (nSPS) is 16.1. The second-order valence-electron chi connectivity index (χ2n) is 5.75. The first kappa shape index (κ1) is 16.8. The maximum absolute atomic E-state index is 12.2. The van der Waals surface area contributed by atoms with Crippen molar-refractivity contribution in [2.24, 2.45) is 0 Å². The van der Waals surface area contributed by atoms with Crippen LogP contribution in [-0.4, -0.2) is 46.7 Å². The van der Waals surface area contributed by atoms with Crippen LogP contribution < -0.4 is 0 Å². The zero-order valence-electron chi connectivity index (χ0n) is 13.6. The number of ether oxygens (including phenoxy) is 1. The number of esters is 1. The van der Waals surface area contributed by atoms with Crippen LogP contribution in [0.4, 0.5) is 0 Å². The molecule has 0 radical (unpaired) electrons. The topological polar surface area (TPSA) is 72.6 Å². The summed E-state index contributed by atoms with van der Waals surface area (Å²) in [5.74, 6) is -0.500. The van der Waals surface area contributed by atoms with Crippen LogP contribution in [0.25, 0.3) is 11.1 Å². The number of oxazole rings is 1. The Morgan fingerprint density at radius 2 is 2.04 bits per heavy atom. The fourth-order valence-corrected chi connectivity index (χ4v) is 3.31. The van der Waals surface area contributed by atoms with Crippen molar-refractivity contribution < 1.29 is 18.7 Å². The van der Waals surface area contributed by atoms with Gasteiger partial charge in [0.15, 0.2) is 11.7 Å². The van der Waals surface area contributed by atoms with E-state index in [9.17, 15) is 9.59 Å². The van der Waals surface area contributed by atoms with Crippen LogP contribution in [0.1, 0.15) is 26.2 Å². The minimum absolute atomic E-state index is 0.0600. The number of fused-ring (bicyclic) bond motifs is 1. The number of piperidine rings is 1. The van der Waals surface area contributed by atoms with Crippen molar-refractivity contribution in [3.05, 3.63) is 24.3 Å². The van der Waals surface area contributed by atoms with Crippen molar-refractivity contribution in [1.29, 1.82) is 0 Å². The Labute approximate surface area is 144 Å². The highest BCUT2D eigenvalue weighted by molar-refractivity contribution is 7.99. The van der Waals surface area contributed by atoms with Crippen LogP contribution in [0.5, 0.6) is 0 Å². The number of benzene rings is 1. The first-order valence-electron chi connectivity index (χ1n) is 8.10. The van der Waals surface area contributed by atoms with Gasteiger partial charge in [0.2, 0.25) is 0 Å². The molecular weight excluding hydrogens is 328 g/mol. The summed E-state index contributed by atoms with van der Waals surface area (Å²) < 4.78 is 10.8. The second-order valence-corrected chi connectivity index (χ2v) is 6.68. The average Bonchev–Trinajstić information content (AvgIpc) is 3.03. The Kier molecular flexibility index (Phi) is 5.40. The number of rotatable bonds is 5. The zero-order valence-corrected chi connectivity index (χ0v) is 14.4. The van der Waals surface area contributed by atoms with Gasteiger partial charge < -0.3 is 14.1 Å². The lowest BCUT2D eigenvalue weighted by atomic mass is 10.1. The van der Waals surface area contributed by atoms with Crippen LogP contribution in [0.15, 0.2) is 33.9 Å². The Morgan fingerprint density at radius 3 is 2.79 bits per heavy atom.